The molecule has 41 heavy (non-hydrogen) atoms. The summed E-state index contributed by atoms with van der Waals surface area (Å²) in [6.45, 7) is 4.12. The van der Waals surface area contributed by atoms with Crippen LogP contribution in [-0.4, -0.2) is 47.1 Å². The summed E-state index contributed by atoms with van der Waals surface area (Å²) in [6.07, 6.45) is 1.66. The maximum atomic E-state index is 14.2. The number of para-hydroxylation sites is 1. The van der Waals surface area contributed by atoms with E-state index in [1.807, 2.05) is 84.9 Å². The van der Waals surface area contributed by atoms with E-state index in [4.69, 9.17) is 4.99 Å². The molecule has 2 unspecified atom stereocenters. The Bertz CT molecular complexity index is 1940. The number of carbonyl (C=O) groups excluding carboxylic acids is 2. The van der Waals surface area contributed by atoms with Crippen LogP contribution in [-0.2, 0) is 16.1 Å². The summed E-state index contributed by atoms with van der Waals surface area (Å²) in [5.74, 6) is -0.262. The Morgan fingerprint density at radius 2 is 1.51 bits per heavy atom. The highest BCUT2D eigenvalue weighted by atomic mass is 32.1. The van der Waals surface area contributed by atoms with Crippen LogP contribution in [0, 0.1) is 0 Å². The third-order valence-electron chi connectivity index (χ3n) is 8.21. The minimum absolute atomic E-state index is 0.258. The second kappa shape index (κ2) is 8.77. The first kappa shape index (κ1) is 25.0. The monoisotopic (exact) mass is 562 g/mol. The molecule has 2 atom stereocenters. The number of thiazole rings is 1. The molecule has 0 radical (unpaired) electrons. The number of rotatable bonds is 4. The predicted molar refractivity (Wildman–Crippen MR) is 157 cm³/mol. The van der Waals surface area contributed by atoms with Crippen molar-refractivity contribution in [3.63, 3.8) is 0 Å². The smallest absolute Gasteiger partial charge is 0.304 e. The zero-order valence-electron chi connectivity index (χ0n) is 22.4. The molecule has 0 bridgehead atoms. The van der Waals surface area contributed by atoms with Crippen LogP contribution in [0.5, 0.6) is 0 Å². The zero-order chi connectivity index (χ0) is 28.5. The number of carbonyl (C=O) groups is 2. The van der Waals surface area contributed by atoms with E-state index < -0.39 is 16.9 Å². The molecule has 7 rings (SSSR count). The van der Waals surface area contributed by atoms with Gasteiger partial charge in [-0.1, -0.05) is 96.3 Å². The van der Waals surface area contributed by atoms with Crippen LogP contribution in [0.25, 0.3) is 5.57 Å². The summed E-state index contributed by atoms with van der Waals surface area (Å²) in [7, 11) is 3.43. The maximum absolute atomic E-state index is 14.2. The largest absolute Gasteiger partial charge is 0.324 e. The van der Waals surface area contributed by atoms with Gasteiger partial charge in [0.15, 0.2) is 0 Å². The summed E-state index contributed by atoms with van der Waals surface area (Å²) < 4.78 is 1.67. The van der Waals surface area contributed by atoms with E-state index >= 15 is 0 Å². The molecular formula is C31H26N6O3S. The molecule has 204 valence electrons. The fourth-order valence-corrected chi connectivity index (χ4v) is 7.44. The second-order valence-electron chi connectivity index (χ2n) is 10.2. The van der Waals surface area contributed by atoms with Crippen LogP contribution in [0.15, 0.2) is 107 Å². The molecule has 0 saturated carbocycles. The SMILES string of the molecule is C=CCN1C(=O)/C(=c2\sc3n(c2=O)NC2(c4ccccc4)N(C)C(=O)N(C)C2(c2ccccc2)N=3)c2ccccc21. The highest BCUT2D eigenvalue weighted by Crippen LogP contribution is 2.53. The van der Waals surface area contributed by atoms with E-state index in [9.17, 15) is 14.4 Å². The van der Waals surface area contributed by atoms with Gasteiger partial charge < -0.3 is 4.90 Å². The Morgan fingerprint density at radius 3 is 2.20 bits per heavy atom. The summed E-state index contributed by atoms with van der Waals surface area (Å²) in [6, 6.07) is 26.3. The minimum Gasteiger partial charge on any atom is -0.304 e. The minimum atomic E-state index is -1.28. The van der Waals surface area contributed by atoms with Crippen molar-refractivity contribution in [3.05, 3.63) is 134 Å². The average molecular weight is 563 g/mol. The lowest BCUT2D eigenvalue weighted by Crippen LogP contribution is -2.67. The number of aromatic nitrogens is 1. The first-order valence-corrected chi connectivity index (χ1v) is 14.0. The number of urea groups is 1. The van der Waals surface area contributed by atoms with E-state index in [1.165, 1.54) is 4.68 Å². The van der Waals surface area contributed by atoms with Crippen LogP contribution < -0.4 is 25.2 Å². The van der Waals surface area contributed by atoms with E-state index in [1.54, 1.807) is 34.9 Å². The zero-order valence-corrected chi connectivity index (χ0v) is 23.3. The molecule has 1 N–H and O–H groups in total. The van der Waals surface area contributed by atoms with Crippen molar-refractivity contribution in [2.75, 3.05) is 31.0 Å². The molecule has 3 aliphatic rings. The molecule has 3 aromatic carbocycles. The van der Waals surface area contributed by atoms with Crippen molar-refractivity contribution >= 4 is 34.5 Å². The summed E-state index contributed by atoms with van der Waals surface area (Å²) in [4.78, 5) is 52.1. The van der Waals surface area contributed by atoms with Gasteiger partial charge in [-0.2, -0.15) is 4.68 Å². The van der Waals surface area contributed by atoms with Crippen LogP contribution in [0.4, 0.5) is 10.5 Å². The van der Waals surface area contributed by atoms with Gasteiger partial charge in [-0.05, 0) is 6.07 Å². The van der Waals surface area contributed by atoms with Gasteiger partial charge in [0, 0.05) is 37.3 Å². The number of amides is 3. The van der Waals surface area contributed by atoms with E-state index in [0.29, 0.717) is 22.5 Å². The lowest BCUT2D eigenvalue weighted by Gasteiger charge is -2.49. The quantitative estimate of drug-likeness (QED) is 0.387. The Kier molecular flexibility index (Phi) is 5.36. The number of hydrogen-bond donors (Lipinski definition) is 1. The number of nitrogens with one attached hydrogen (secondary N) is 1. The van der Waals surface area contributed by atoms with Gasteiger partial charge in [0.2, 0.25) is 16.1 Å². The van der Waals surface area contributed by atoms with Gasteiger partial charge in [0.1, 0.15) is 4.53 Å². The molecule has 4 aromatic rings. The van der Waals surface area contributed by atoms with Crippen molar-refractivity contribution in [3.8, 4) is 0 Å². The molecule has 1 fully saturated rings. The topological polar surface area (TPSA) is 90.2 Å². The fourth-order valence-electron chi connectivity index (χ4n) is 6.38. The van der Waals surface area contributed by atoms with Crippen molar-refractivity contribution < 1.29 is 9.59 Å². The molecule has 1 aromatic heterocycles. The number of hydrogen-bond acceptors (Lipinski definition) is 6. The Labute approximate surface area is 239 Å². The summed E-state index contributed by atoms with van der Waals surface area (Å²) in [5, 5.41) is 0. The van der Waals surface area contributed by atoms with Gasteiger partial charge in [0.05, 0.1) is 11.3 Å². The standard InChI is InChI=1S/C31H26N6O3S/c1-4-19-36-23-18-12-11-17-22(23)24(26(36)38)25-27(39)37-28(41-25)32-30(20-13-7-5-8-14-20)31(33-37,21-15-9-6-10-16-21)35(3)29(40)34(30)2/h4-18,33H,1,19H2,2-3H3/b25-24-. The molecule has 0 aliphatic carbocycles. The highest BCUT2D eigenvalue weighted by molar-refractivity contribution is 7.07. The number of anilines is 1. The van der Waals surface area contributed by atoms with Crippen LogP contribution in [0.2, 0.25) is 0 Å². The lowest BCUT2D eigenvalue weighted by molar-refractivity contribution is -0.112. The molecule has 0 spiro atoms. The molecule has 3 aliphatic heterocycles. The van der Waals surface area contributed by atoms with Crippen molar-refractivity contribution in [1.82, 2.24) is 14.5 Å². The first-order chi connectivity index (χ1) is 19.9. The normalized spacial score (nSPS) is 24.0. The van der Waals surface area contributed by atoms with E-state index in [2.05, 4.69) is 12.0 Å². The highest BCUT2D eigenvalue weighted by Gasteiger charge is 2.69. The molecule has 4 heterocycles. The molecular weight excluding hydrogens is 536 g/mol. The van der Waals surface area contributed by atoms with E-state index in [0.717, 1.165) is 28.2 Å². The van der Waals surface area contributed by atoms with Gasteiger partial charge in [-0.3, -0.25) is 24.8 Å². The Balaban J connectivity index is 1.59. The van der Waals surface area contributed by atoms with Crippen molar-refractivity contribution in [2.24, 2.45) is 4.99 Å². The number of benzene rings is 3. The summed E-state index contributed by atoms with van der Waals surface area (Å²) in [5.41, 5.74) is 3.79. The molecule has 10 heteroatoms. The van der Waals surface area contributed by atoms with Gasteiger partial charge in [-0.25, -0.2) is 9.79 Å². The van der Waals surface area contributed by atoms with Crippen molar-refractivity contribution in [2.45, 2.75) is 11.3 Å². The van der Waals surface area contributed by atoms with Crippen molar-refractivity contribution in [1.29, 1.82) is 0 Å². The molecule has 3 amide bonds. The van der Waals surface area contributed by atoms with Crippen LogP contribution in [0.3, 0.4) is 0 Å². The Morgan fingerprint density at radius 1 is 0.878 bits per heavy atom. The molecule has 9 nitrogen and oxygen atoms in total. The average Bonchev–Trinajstić information content (AvgIpc) is 3.53. The number of nitrogens with zero attached hydrogens (tertiary/aromatic N) is 5. The van der Waals surface area contributed by atoms with Crippen LogP contribution in [0.1, 0.15) is 16.7 Å². The third kappa shape index (κ3) is 3.05. The predicted octanol–water partition coefficient (Wildman–Crippen LogP) is 2.52. The fraction of sp³-hybridized carbons (Fsp3) is 0.161. The summed E-state index contributed by atoms with van der Waals surface area (Å²) >= 11 is 1.14. The Hall–Kier alpha value is -4.96. The maximum Gasteiger partial charge on any atom is 0.324 e. The number of likely N-dealkylation sites (N-methyl/N-ethyl adjacent to an activating group) is 2. The van der Waals surface area contributed by atoms with Gasteiger partial charge in [0.25, 0.3) is 11.5 Å². The molecule has 1 saturated heterocycles. The lowest BCUT2D eigenvalue weighted by atomic mass is 9.80. The van der Waals surface area contributed by atoms with E-state index in [-0.39, 0.29) is 16.5 Å². The third-order valence-corrected chi connectivity index (χ3v) is 9.25. The van der Waals surface area contributed by atoms with Gasteiger partial charge in [-0.15, -0.1) is 6.58 Å². The first-order valence-electron chi connectivity index (χ1n) is 13.2. The number of fused-ring (bicyclic) bond motifs is 3. The van der Waals surface area contributed by atoms with Crippen LogP contribution >= 0.6 is 11.3 Å². The second-order valence-corrected chi connectivity index (χ2v) is 11.2. The van der Waals surface area contributed by atoms with Gasteiger partial charge >= 0.3 is 6.03 Å².